The number of phenolic OH excluding ortho intramolecular Hbond substituents is 1. The van der Waals surface area contributed by atoms with Crippen molar-refractivity contribution in [3.05, 3.63) is 23.8 Å². The molecule has 0 aromatic heterocycles. The quantitative estimate of drug-likeness (QED) is 0.639. The summed E-state index contributed by atoms with van der Waals surface area (Å²) in [7, 11) is 1.47. The Morgan fingerprint density at radius 1 is 1.58 bits per heavy atom. The van der Waals surface area contributed by atoms with E-state index in [9.17, 15) is 9.90 Å². The number of benzene rings is 1. The van der Waals surface area contributed by atoms with E-state index >= 15 is 0 Å². The first-order valence-corrected chi connectivity index (χ1v) is 5.92. The molecule has 0 spiro atoms. The van der Waals surface area contributed by atoms with Crippen LogP contribution in [0.2, 0.25) is 0 Å². The normalized spacial score (nSPS) is 12.5. The number of carbonyl (C=O) groups is 1. The van der Waals surface area contributed by atoms with Gasteiger partial charge in [0.25, 0.3) is 0 Å². The molecule has 0 aliphatic heterocycles. The fraction of sp³-hybridized carbons (Fsp3) is 0.385. The van der Waals surface area contributed by atoms with Crippen molar-refractivity contribution in [3.63, 3.8) is 0 Å². The second kappa shape index (κ2) is 7.38. The van der Waals surface area contributed by atoms with E-state index in [0.717, 1.165) is 0 Å². The maximum Gasteiger partial charge on any atom is 0.328 e. The zero-order valence-corrected chi connectivity index (χ0v) is 10.7. The molecule has 0 bridgehead atoms. The van der Waals surface area contributed by atoms with Crippen LogP contribution in [0.15, 0.2) is 23.2 Å². The first-order chi connectivity index (χ1) is 9.10. The Morgan fingerprint density at radius 2 is 2.32 bits per heavy atom. The summed E-state index contributed by atoms with van der Waals surface area (Å²) in [4.78, 5) is 15.0. The molecule has 4 N–H and O–H groups in total. The zero-order chi connectivity index (χ0) is 14.3. The van der Waals surface area contributed by atoms with E-state index in [-0.39, 0.29) is 5.75 Å². The molecule has 0 amide bonds. The lowest BCUT2D eigenvalue weighted by Crippen LogP contribution is -2.19. The van der Waals surface area contributed by atoms with Crippen molar-refractivity contribution >= 4 is 12.2 Å². The predicted octanol–water partition coefficient (Wildman–Crippen LogP) is 1.01. The van der Waals surface area contributed by atoms with Crippen LogP contribution in [0, 0.1) is 0 Å². The highest BCUT2D eigenvalue weighted by Crippen LogP contribution is 2.25. The van der Waals surface area contributed by atoms with Crippen LogP contribution in [0.5, 0.6) is 11.5 Å². The molecular formula is C13H18N2O4. The standard InChI is InChI=1S/C13H18N2O4/c1-19-12-6-2-5-11(16)9(12)8-15-10(13(17)18)4-3-7-14/h2,5-6,8,10,16H,3-4,7,14H2,1H3,(H,17,18)/t10-/m0/s1. The van der Waals surface area contributed by atoms with E-state index in [2.05, 4.69) is 4.99 Å². The highest BCUT2D eigenvalue weighted by Gasteiger charge is 2.15. The van der Waals surface area contributed by atoms with Gasteiger partial charge in [0.05, 0.1) is 12.7 Å². The third-order valence-corrected chi connectivity index (χ3v) is 2.61. The molecule has 1 atom stereocenters. The maximum atomic E-state index is 11.0. The first kappa shape index (κ1) is 15.0. The number of phenols is 1. The van der Waals surface area contributed by atoms with E-state index in [4.69, 9.17) is 15.6 Å². The highest BCUT2D eigenvalue weighted by atomic mass is 16.5. The van der Waals surface area contributed by atoms with Crippen molar-refractivity contribution in [1.82, 2.24) is 0 Å². The minimum atomic E-state index is -1.01. The van der Waals surface area contributed by atoms with Gasteiger partial charge in [-0.05, 0) is 31.5 Å². The number of nitrogens with zero attached hydrogens (tertiary/aromatic N) is 1. The van der Waals surface area contributed by atoms with Crippen LogP contribution in [0.3, 0.4) is 0 Å². The van der Waals surface area contributed by atoms with Crippen LogP contribution < -0.4 is 10.5 Å². The Kier molecular flexibility index (Phi) is 5.81. The number of nitrogens with two attached hydrogens (primary N) is 1. The van der Waals surface area contributed by atoms with Gasteiger partial charge in [0, 0.05) is 6.21 Å². The molecular weight excluding hydrogens is 248 g/mol. The van der Waals surface area contributed by atoms with Crippen molar-refractivity contribution < 1.29 is 19.7 Å². The van der Waals surface area contributed by atoms with Gasteiger partial charge in [-0.2, -0.15) is 0 Å². The minimum Gasteiger partial charge on any atom is -0.507 e. The van der Waals surface area contributed by atoms with Gasteiger partial charge in [-0.1, -0.05) is 6.07 Å². The number of ether oxygens (including phenoxy) is 1. The molecule has 0 radical (unpaired) electrons. The van der Waals surface area contributed by atoms with Crippen LogP contribution in [0.1, 0.15) is 18.4 Å². The molecule has 0 aliphatic rings. The first-order valence-electron chi connectivity index (χ1n) is 5.92. The average molecular weight is 266 g/mol. The van der Waals surface area contributed by atoms with Crippen molar-refractivity contribution in [1.29, 1.82) is 0 Å². The van der Waals surface area contributed by atoms with E-state index in [1.54, 1.807) is 12.1 Å². The van der Waals surface area contributed by atoms with Gasteiger partial charge in [-0.3, -0.25) is 4.99 Å². The molecule has 6 nitrogen and oxygen atoms in total. The second-order valence-electron chi connectivity index (χ2n) is 3.96. The largest absolute Gasteiger partial charge is 0.507 e. The maximum absolute atomic E-state index is 11.0. The summed E-state index contributed by atoms with van der Waals surface area (Å²) in [6, 6.07) is 3.91. The minimum absolute atomic E-state index is 0.00827. The number of methoxy groups -OCH3 is 1. The molecule has 1 aromatic carbocycles. The van der Waals surface area contributed by atoms with E-state index < -0.39 is 12.0 Å². The number of carboxylic acids is 1. The lowest BCUT2D eigenvalue weighted by Gasteiger charge is -2.08. The Balaban J connectivity index is 2.92. The summed E-state index contributed by atoms with van der Waals surface area (Å²) in [6.07, 6.45) is 2.26. The lowest BCUT2D eigenvalue weighted by atomic mass is 10.1. The molecule has 19 heavy (non-hydrogen) atoms. The summed E-state index contributed by atoms with van der Waals surface area (Å²) in [5.41, 5.74) is 5.71. The number of carboxylic acid groups (broad SMARTS) is 1. The molecule has 0 saturated carbocycles. The zero-order valence-electron chi connectivity index (χ0n) is 10.7. The molecule has 0 unspecified atom stereocenters. The molecule has 0 saturated heterocycles. The van der Waals surface area contributed by atoms with Gasteiger partial charge in [0.1, 0.15) is 17.5 Å². The van der Waals surface area contributed by atoms with Crippen molar-refractivity contribution in [3.8, 4) is 11.5 Å². The topological polar surface area (TPSA) is 105 Å². The van der Waals surface area contributed by atoms with E-state index in [1.807, 2.05) is 0 Å². The number of hydrogen-bond acceptors (Lipinski definition) is 5. The molecule has 0 fully saturated rings. The van der Waals surface area contributed by atoms with Crippen LogP contribution >= 0.6 is 0 Å². The molecule has 0 aliphatic carbocycles. The Bertz CT molecular complexity index is 460. The SMILES string of the molecule is COc1cccc(O)c1C=N[C@@H](CCCN)C(=O)O. The number of hydrogen-bond donors (Lipinski definition) is 3. The summed E-state index contributed by atoms with van der Waals surface area (Å²) in [5.74, 6) is -0.586. The Morgan fingerprint density at radius 3 is 2.89 bits per heavy atom. The Hall–Kier alpha value is -2.08. The summed E-state index contributed by atoms with van der Waals surface area (Å²) < 4.78 is 5.08. The van der Waals surface area contributed by atoms with Gasteiger partial charge >= 0.3 is 5.97 Å². The third-order valence-electron chi connectivity index (χ3n) is 2.61. The number of aliphatic imine (C=N–C) groups is 1. The Labute approximate surface area is 111 Å². The van der Waals surface area contributed by atoms with Crippen molar-refractivity contribution in [2.75, 3.05) is 13.7 Å². The monoisotopic (exact) mass is 266 g/mol. The van der Waals surface area contributed by atoms with Crippen LogP contribution in [0.25, 0.3) is 0 Å². The van der Waals surface area contributed by atoms with Gasteiger partial charge in [0.2, 0.25) is 0 Å². The van der Waals surface area contributed by atoms with E-state index in [1.165, 1.54) is 19.4 Å². The average Bonchev–Trinajstić information content (AvgIpc) is 2.39. The smallest absolute Gasteiger partial charge is 0.328 e. The van der Waals surface area contributed by atoms with Crippen molar-refractivity contribution in [2.24, 2.45) is 10.7 Å². The number of aliphatic carboxylic acids is 1. The van der Waals surface area contributed by atoms with E-state index in [0.29, 0.717) is 30.7 Å². The molecule has 1 rings (SSSR count). The second-order valence-corrected chi connectivity index (χ2v) is 3.96. The van der Waals surface area contributed by atoms with Crippen LogP contribution in [-0.4, -0.2) is 42.1 Å². The van der Waals surface area contributed by atoms with Crippen molar-refractivity contribution in [2.45, 2.75) is 18.9 Å². The number of aromatic hydroxyl groups is 1. The lowest BCUT2D eigenvalue weighted by molar-refractivity contribution is -0.138. The molecule has 1 aromatic rings. The summed E-state index contributed by atoms with van der Waals surface area (Å²) >= 11 is 0. The van der Waals surface area contributed by atoms with Crippen LogP contribution in [0.4, 0.5) is 0 Å². The summed E-state index contributed by atoms with van der Waals surface area (Å²) in [5, 5.41) is 18.7. The van der Waals surface area contributed by atoms with Gasteiger partial charge in [-0.15, -0.1) is 0 Å². The molecule has 104 valence electrons. The van der Waals surface area contributed by atoms with Gasteiger partial charge in [0.15, 0.2) is 0 Å². The fourth-order valence-corrected chi connectivity index (χ4v) is 1.58. The highest BCUT2D eigenvalue weighted by molar-refractivity contribution is 5.89. The molecule has 0 heterocycles. The predicted molar refractivity (Wildman–Crippen MR) is 72.0 cm³/mol. The number of rotatable bonds is 7. The fourth-order valence-electron chi connectivity index (χ4n) is 1.58. The van der Waals surface area contributed by atoms with Crippen LogP contribution in [-0.2, 0) is 4.79 Å². The summed E-state index contributed by atoms with van der Waals surface area (Å²) in [6.45, 7) is 0.416. The molecule has 6 heteroatoms. The van der Waals surface area contributed by atoms with Gasteiger partial charge < -0.3 is 20.7 Å². The third kappa shape index (κ3) is 4.26. The van der Waals surface area contributed by atoms with Gasteiger partial charge in [-0.25, -0.2) is 4.79 Å².